The molecule has 0 spiro atoms. The third-order valence-electron chi connectivity index (χ3n) is 2.91. The van der Waals surface area contributed by atoms with Crippen molar-refractivity contribution in [3.63, 3.8) is 0 Å². The summed E-state index contributed by atoms with van der Waals surface area (Å²) in [5.74, 6) is 0.00262. The van der Waals surface area contributed by atoms with Crippen LogP contribution < -0.4 is 10.5 Å². The maximum Gasteiger partial charge on any atom is 0.573 e. The molecule has 0 radical (unpaired) electrons. The van der Waals surface area contributed by atoms with Crippen LogP contribution in [0.4, 0.5) is 13.2 Å². The number of halogens is 3. The molecule has 0 atom stereocenters. The molecule has 0 aromatic heterocycles. The highest BCUT2D eigenvalue weighted by Gasteiger charge is 2.30. The van der Waals surface area contributed by atoms with Crippen molar-refractivity contribution in [3.8, 4) is 5.75 Å². The molecule has 0 heterocycles. The van der Waals surface area contributed by atoms with Crippen LogP contribution in [0.15, 0.2) is 59.6 Å². The summed E-state index contributed by atoms with van der Waals surface area (Å²) in [4.78, 5) is 4.23. The average molecular weight is 308 g/mol. The van der Waals surface area contributed by atoms with Crippen molar-refractivity contribution in [3.05, 3.63) is 65.7 Å². The lowest BCUT2D eigenvalue weighted by atomic mass is 10.1. The maximum absolute atomic E-state index is 12.1. The maximum atomic E-state index is 12.1. The quantitative estimate of drug-likeness (QED) is 0.678. The molecule has 0 aliphatic carbocycles. The monoisotopic (exact) mass is 308 g/mol. The Morgan fingerprint density at radius 3 is 2.23 bits per heavy atom. The molecule has 0 amide bonds. The number of nitrogens with zero attached hydrogens (tertiary/aromatic N) is 1. The predicted molar refractivity (Wildman–Crippen MR) is 78.9 cm³/mol. The van der Waals surface area contributed by atoms with E-state index < -0.39 is 6.36 Å². The minimum atomic E-state index is -4.70. The Balaban J connectivity index is 1.94. The van der Waals surface area contributed by atoms with E-state index in [1.165, 1.54) is 24.3 Å². The van der Waals surface area contributed by atoms with E-state index in [2.05, 4.69) is 9.73 Å². The Bertz CT molecular complexity index is 622. The molecule has 0 unspecified atom stereocenters. The van der Waals surface area contributed by atoms with Gasteiger partial charge in [0.15, 0.2) is 0 Å². The molecule has 2 rings (SSSR count). The van der Waals surface area contributed by atoms with Crippen molar-refractivity contribution in [2.45, 2.75) is 12.8 Å². The second-order valence-electron chi connectivity index (χ2n) is 4.57. The zero-order valence-electron chi connectivity index (χ0n) is 11.7. The number of hydrogen-bond donors (Lipinski definition) is 1. The van der Waals surface area contributed by atoms with Gasteiger partial charge in [0, 0.05) is 12.1 Å². The summed E-state index contributed by atoms with van der Waals surface area (Å²) in [7, 11) is 0. The molecular formula is C16H15F3N2O. The Morgan fingerprint density at radius 1 is 1.00 bits per heavy atom. The van der Waals surface area contributed by atoms with E-state index in [0.29, 0.717) is 12.1 Å². The highest BCUT2D eigenvalue weighted by atomic mass is 19.4. The Hall–Kier alpha value is -2.50. The second kappa shape index (κ2) is 6.98. The zero-order valence-corrected chi connectivity index (χ0v) is 11.7. The van der Waals surface area contributed by atoms with E-state index in [-0.39, 0.29) is 11.6 Å². The van der Waals surface area contributed by atoms with Gasteiger partial charge in [0.1, 0.15) is 11.6 Å². The van der Waals surface area contributed by atoms with Crippen LogP contribution in [0.1, 0.15) is 11.1 Å². The van der Waals surface area contributed by atoms with Crippen molar-refractivity contribution in [1.29, 1.82) is 0 Å². The number of aliphatic imine (C=N–C) groups is 1. The number of alkyl halides is 3. The van der Waals surface area contributed by atoms with Gasteiger partial charge in [0.05, 0.1) is 0 Å². The molecule has 2 aromatic carbocycles. The number of hydrogen-bond acceptors (Lipinski definition) is 2. The van der Waals surface area contributed by atoms with E-state index in [4.69, 9.17) is 5.73 Å². The van der Waals surface area contributed by atoms with Crippen molar-refractivity contribution >= 4 is 5.84 Å². The van der Waals surface area contributed by atoms with Crippen LogP contribution in [0.25, 0.3) is 0 Å². The van der Waals surface area contributed by atoms with E-state index >= 15 is 0 Å². The van der Waals surface area contributed by atoms with Gasteiger partial charge in [-0.1, -0.05) is 30.3 Å². The van der Waals surface area contributed by atoms with Gasteiger partial charge < -0.3 is 10.5 Å². The van der Waals surface area contributed by atoms with Crippen LogP contribution in [0.2, 0.25) is 0 Å². The first-order chi connectivity index (χ1) is 10.4. The van der Waals surface area contributed by atoms with E-state index in [0.717, 1.165) is 12.0 Å². The minimum Gasteiger partial charge on any atom is -0.406 e. The Morgan fingerprint density at radius 2 is 1.64 bits per heavy atom. The summed E-state index contributed by atoms with van der Waals surface area (Å²) in [6.07, 6.45) is -3.95. The zero-order chi connectivity index (χ0) is 16.0. The lowest BCUT2D eigenvalue weighted by molar-refractivity contribution is -0.274. The van der Waals surface area contributed by atoms with Gasteiger partial charge in [-0.25, -0.2) is 0 Å². The summed E-state index contributed by atoms with van der Waals surface area (Å²) >= 11 is 0. The number of nitrogens with two attached hydrogens (primary N) is 1. The fourth-order valence-electron chi connectivity index (χ4n) is 1.87. The highest BCUT2D eigenvalue weighted by molar-refractivity contribution is 5.97. The topological polar surface area (TPSA) is 47.6 Å². The standard InChI is InChI=1S/C16H15F3N2O/c17-16(18,19)22-14-8-6-13(7-9-14)15(20)21-11-10-12-4-2-1-3-5-12/h1-9H,10-11H2,(H2,20,21). The summed E-state index contributed by atoms with van der Waals surface area (Å²) < 4.78 is 40.0. The SMILES string of the molecule is NC(=NCCc1ccccc1)c1ccc(OC(F)(F)F)cc1. The normalized spacial score (nSPS) is 12.2. The molecule has 0 fully saturated rings. The highest BCUT2D eigenvalue weighted by Crippen LogP contribution is 2.22. The molecular weight excluding hydrogens is 293 g/mol. The smallest absolute Gasteiger partial charge is 0.406 e. The molecule has 3 nitrogen and oxygen atoms in total. The van der Waals surface area contributed by atoms with Gasteiger partial charge in [0.2, 0.25) is 0 Å². The van der Waals surface area contributed by atoms with Gasteiger partial charge in [0.25, 0.3) is 0 Å². The largest absolute Gasteiger partial charge is 0.573 e. The van der Waals surface area contributed by atoms with Crippen molar-refractivity contribution in [1.82, 2.24) is 0 Å². The number of rotatable bonds is 5. The third-order valence-corrected chi connectivity index (χ3v) is 2.91. The summed E-state index contributed by atoms with van der Waals surface area (Å²) in [6.45, 7) is 0.511. The Kier molecular flexibility index (Phi) is 5.04. The summed E-state index contributed by atoms with van der Waals surface area (Å²) in [5, 5.41) is 0. The van der Waals surface area contributed by atoms with Crippen LogP contribution in [-0.2, 0) is 6.42 Å². The molecule has 116 valence electrons. The first-order valence-corrected chi connectivity index (χ1v) is 6.64. The Labute approximate surface area is 126 Å². The van der Waals surface area contributed by atoms with Crippen LogP contribution in [0.3, 0.4) is 0 Å². The summed E-state index contributed by atoms with van der Waals surface area (Å²) in [6, 6.07) is 15.1. The van der Waals surface area contributed by atoms with Gasteiger partial charge >= 0.3 is 6.36 Å². The molecule has 22 heavy (non-hydrogen) atoms. The molecule has 0 saturated carbocycles. The fraction of sp³-hybridized carbons (Fsp3) is 0.188. The fourth-order valence-corrected chi connectivity index (χ4v) is 1.87. The molecule has 2 aromatic rings. The molecule has 2 N–H and O–H groups in total. The first kappa shape index (κ1) is 15.9. The van der Waals surface area contributed by atoms with Gasteiger partial charge in [-0.05, 0) is 36.2 Å². The number of benzene rings is 2. The van der Waals surface area contributed by atoms with Crippen LogP contribution in [0.5, 0.6) is 5.75 Å². The number of amidine groups is 1. The van der Waals surface area contributed by atoms with Crippen LogP contribution in [0, 0.1) is 0 Å². The van der Waals surface area contributed by atoms with Crippen LogP contribution >= 0.6 is 0 Å². The predicted octanol–water partition coefficient (Wildman–Crippen LogP) is 3.53. The lowest BCUT2D eigenvalue weighted by Crippen LogP contribution is -2.18. The van der Waals surface area contributed by atoms with E-state index in [1.807, 2.05) is 30.3 Å². The molecule has 0 aliphatic rings. The number of ether oxygens (including phenoxy) is 1. The van der Waals surface area contributed by atoms with Crippen molar-refractivity contribution in [2.75, 3.05) is 6.54 Å². The molecule has 0 saturated heterocycles. The van der Waals surface area contributed by atoms with Crippen molar-refractivity contribution < 1.29 is 17.9 Å². The van der Waals surface area contributed by atoms with Crippen LogP contribution in [-0.4, -0.2) is 18.7 Å². The van der Waals surface area contributed by atoms with E-state index in [1.54, 1.807) is 0 Å². The van der Waals surface area contributed by atoms with Crippen molar-refractivity contribution in [2.24, 2.45) is 10.7 Å². The first-order valence-electron chi connectivity index (χ1n) is 6.64. The van der Waals surface area contributed by atoms with Gasteiger partial charge in [-0.3, -0.25) is 4.99 Å². The van der Waals surface area contributed by atoms with Gasteiger partial charge in [-0.2, -0.15) is 0 Å². The second-order valence-corrected chi connectivity index (χ2v) is 4.57. The third kappa shape index (κ3) is 5.12. The average Bonchev–Trinajstić information content (AvgIpc) is 2.47. The molecule has 0 aliphatic heterocycles. The van der Waals surface area contributed by atoms with Gasteiger partial charge in [-0.15, -0.1) is 13.2 Å². The lowest BCUT2D eigenvalue weighted by Gasteiger charge is -2.09. The molecule has 0 bridgehead atoms. The summed E-state index contributed by atoms with van der Waals surface area (Å²) in [5.41, 5.74) is 7.53. The van der Waals surface area contributed by atoms with E-state index in [9.17, 15) is 13.2 Å². The molecule has 6 heteroatoms. The minimum absolute atomic E-state index is 0.284.